The number of halogens is 3. The van der Waals surface area contributed by atoms with Crippen LogP contribution in [-0.2, 0) is 22.4 Å². The molecule has 31 heavy (non-hydrogen) atoms. The van der Waals surface area contributed by atoms with Crippen LogP contribution in [-0.4, -0.2) is 33.6 Å². The Balaban J connectivity index is 1.66. The Morgan fingerprint density at radius 1 is 1.23 bits per heavy atom. The fourth-order valence-corrected chi connectivity index (χ4v) is 3.52. The summed E-state index contributed by atoms with van der Waals surface area (Å²) >= 11 is 0.969. The molecule has 1 saturated heterocycles. The number of carboxylic acids is 1. The molecular formula is C20H16F3N3O4S. The Labute approximate surface area is 179 Å². The van der Waals surface area contributed by atoms with E-state index in [1.54, 1.807) is 24.3 Å². The largest absolute Gasteiger partial charge is 0.488 e. The summed E-state index contributed by atoms with van der Waals surface area (Å²) in [5.74, 6) is -1.16. The van der Waals surface area contributed by atoms with E-state index in [0.29, 0.717) is 16.9 Å². The molecule has 11 heteroatoms. The van der Waals surface area contributed by atoms with E-state index < -0.39 is 28.9 Å². The van der Waals surface area contributed by atoms with Gasteiger partial charge in [0.25, 0.3) is 0 Å². The van der Waals surface area contributed by atoms with Gasteiger partial charge in [0, 0.05) is 5.56 Å². The smallest absolute Gasteiger partial charge is 0.416 e. The summed E-state index contributed by atoms with van der Waals surface area (Å²) in [6.07, 6.45) is -3.39. The number of nitrogens with one attached hydrogen (secondary N) is 1. The van der Waals surface area contributed by atoms with Crippen molar-refractivity contribution < 1.29 is 32.6 Å². The van der Waals surface area contributed by atoms with Crippen molar-refractivity contribution in [3.8, 4) is 5.75 Å². The molecule has 1 amide bonds. The highest BCUT2D eigenvalue weighted by Gasteiger charge is 2.32. The van der Waals surface area contributed by atoms with E-state index in [-0.39, 0.29) is 18.2 Å². The normalized spacial score (nSPS) is 17.8. The van der Waals surface area contributed by atoms with E-state index in [4.69, 9.17) is 9.84 Å². The van der Waals surface area contributed by atoms with E-state index in [2.05, 4.69) is 15.5 Å². The van der Waals surface area contributed by atoms with E-state index in [1.807, 2.05) is 0 Å². The molecule has 2 aromatic carbocycles. The van der Waals surface area contributed by atoms with Gasteiger partial charge >= 0.3 is 12.1 Å². The highest BCUT2D eigenvalue weighted by atomic mass is 32.2. The minimum atomic E-state index is -4.43. The first-order valence-corrected chi connectivity index (χ1v) is 9.78. The minimum Gasteiger partial charge on any atom is -0.488 e. The summed E-state index contributed by atoms with van der Waals surface area (Å²) in [5.41, 5.74) is 0.128. The van der Waals surface area contributed by atoms with Gasteiger partial charge in [0.1, 0.15) is 17.6 Å². The zero-order chi connectivity index (χ0) is 22.4. The molecule has 3 rings (SSSR count). The Morgan fingerprint density at radius 3 is 2.74 bits per heavy atom. The summed E-state index contributed by atoms with van der Waals surface area (Å²) < 4.78 is 44.2. The summed E-state index contributed by atoms with van der Waals surface area (Å²) in [5, 5.41) is 18.4. The van der Waals surface area contributed by atoms with Crippen molar-refractivity contribution in [2.75, 3.05) is 0 Å². The van der Waals surface area contributed by atoms with Crippen LogP contribution >= 0.6 is 11.8 Å². The van der Waals surface area contributed by atoms with E-state index >= 15 is 0 Å². The molecule has 162 valence electrons. The third-order valence-corrected chi connectivity index (χ3v) is 5.12. The van der Waals surface area contributed by atoms with Gasteiger partial charge in [-0.15, -0.1) is 5.10 Å². The van der Waals surface area contributed by atoms with E-state index in [1.165, 1.54) is 18.3 Å². The number of thioether (sulfide) groups is 1. The number of amidine groups is 1. The number of aliphatic carboxylic acids is 1. The monoisotopic (exact) mass is 451 g/mol. The highest BCUT2D eigenvalue weighted by molar-refractivity contribution is 8.15. The lowest BCUT2D eigenvalue weighted by Gasteiger charge is -2.11. The third-order valence-electron chi connectivity index (χ3n) is 4.05. The van der Waals surface area contributed by atoms with Gasteiger partial charge in [-0.1, -0.05) is 36.0 Å². The van der Waals surface area contributed by atoms with Crippen LogP contribution < -0.4 is 10.1 Å². The van der Waals surface area contributed by atoms with Gasteiger partial charge in [-0.05, 0) is 29.8 Å². The number of nitrogens with zero attached hydrogens (tertiary/aromatic N) is 2. The van der Waals surface area contributed by atoms with Gasteiger partial charge in [-0.2, -0.15) is 18.3 Å². The third kappa shape index (κ3) is 6.32. The van der Waals surface area contributed by atoms with Crippen molar-refractivity contribution in [3.05, 3.63) is 65.2 Å². The van der Waals surface area contributed by atoms with E-state index in [0.717, 1.165) is 23.9 Å². The fourth-order valence-electron chi connectivity index (χ4n) is 2.61. The molecule has 2 aromatic rings. The molecule has 0 aliphatic carbocycles. The maximum atomic E-state index is 12.8. The van der Waals surface area contributed by atoms with Crippen LogP contribution in [0.1, 0.15) is 23.1 Å². The number of rotatable bonds is 7. The Morgan fingerprint density at radius 2 is 2.00 bits per heavy atom. The van der Waals surface area contributed by atoms with Crippen LogP contribution in [0.3, 0.4) is 0 Å². The second kappa shape index (κ2) is 9.65. The number of hydrogen-bond acceptors (Lipinski definition) is 6. The van der Waals surface area contributed by atoms with Crippen LogP contribution in [0.2, 0.25) is 0 Å². The lowest BCUT2D eigenvalue weighted by molar-refractivity contribution is -0.138. The average Bonchev–Trinajstić information content (AvgIpc) is 3.05. The summed E-state index contributed by atoms with van der Waals surface area (Å²) in [4.78, 5) is 22.4. The minimum absolute atomic E-state index is 0.0773. The fraction of sp³-hybridized carbons (Fsp3) is 0.200. The first-order chi connectivity index (χ1) is 14.7. The molecule has 2 N–H and O–H groups in total. The molecule has 1 aliphatic rings. The highest BCUT2D eigenvalue weighted by Crippen LogP contribution is 2.30. The molecule has 7 nitrogen and oxygen atoms in total. The molecular weight excluding hydrogens is 435 g/mol. The Hall–Kier alpha value is -3.34. The topological polar surface area (TPSA) is 100 Å². The molecule has 1 atom stereocenters. The second-order valence-electron chi connectivity index (χ2n) is 6.37. The van der Waals surface area contributed by atoms with Crippen LogP contribution in [0.15, 0.2) is 58.7 Å². The van der Waals surface area contributed by atoms with Crippen LogP contribution in [0, 0.1) is 0 Å². The maximum absolute atomic E-state index is 12.8. The molecule has 0 aromatic heterocycles. The molecule has 0 saturated carbocycles. The standard InChI is InChI=1S/C20H16F3N3O4S/c21-20(22,23)14-6-3-4-12(8-14)11-30-15-7-2-1-5-13(15)10-24-26-19-25-18(29)16(31-19)9-17(27)28/h1-8,10,16H,9,11H2,(H,27,28)(H,25,26,29). The van der Waals surface area contributed by atoms with Crippen LogP contribution in [0.25, 0.3) is 0 Å². The number of benzene rings is 2. The number of alkyl halides is 3. The van der Waals surface area contributed by atoms with Crippen molar-refractivity contribution in [2.24, 2.45) is 10.2 Å². The van der Waals surface area contributed by atoms with Gasteiger partial charge < -0.3 is 15.2 Å². The lowest BCUT2D eigenvalue weighted by Crippen LogP contribution is -2.26. The number of amides is 1. The predicted molar refractivity (Wildman–Crippen MR) is 109 cm³/mol. The predicted octanol–water partition coefficient (Wildman–Crippen LogP) is 3.68. The Bertz CT molecular complexity index is 1040. The van der Waals surface area contributed by atoms with Gasteiger partial charge in [0.05, 0.1) is 18.2 Å². The number of ether oxygens (including phenoxy) is 1. The van der Waals surface area contributed by atoms with Gasteiger partial charge in [-0.3, -0.25) is 9.59 Å². The zero-order valence-corrected chi connectivity index (χ0v) is 16.6. The van der Waals surface area contributed by atoms with Gasteiger partial charge in [0.2, 0.25) is 5.91 Å². The molecule has 1 aliphatic heterocycles. The van der Waals surface area contributed by atoms with Gasteiger partial charge in [-0.25, -0.2) is 0 Å². The quantitative estimate of drug-likeness (QED) is 0.494. The van der Waals surface area contributed by atoms with E-state index in [9.17, 15) is 22.8 Å². The van der Waals surface area contributed by atoms with Crippen molar-refractivity contribution in [1.82, 2.24) is 5.32 Å². The second-order valence-corrected chi connectivity index (χ2v) is 7.56. The number of carboxylic acid groups (broad SMARTS) is 1. The maximum Gasteiger partial charge on any atom is 0.416 e. The number of hydrogen-bond donors (Lipinski definition) is 2. The molecule has 0 bridgehead atoms. The van der Waals surface area contributed by atoms with Crippen molar-refractivity contribution in [2.45, 2.75) is 24.5 Å². The molecule has 1 heterocycles. The first kappa shape index (κ1) is 22.3. The lowest BCUT2D eigenvalue weighted by atomic mass is 10.1. The van der Waals surface area contributed by atoms with Crippen molar-refractivity contribution in [3.63, 3.8) is 0 Å². The van der Waals surface area contributed by atoms with Crippen molar-refractivity contribution >= 4 is 35.0 Å². The first-order valence-electron chi connectivity index (χ1n) is 8.90. The molecule has 1 unspecified atom stereocenters. The van der Waals surface area contributed by atoms with Crippen LogP contribution in [0.5, 0.6) is 5.75 Å². The number of carbonyl (C=O) groups is 2. The summed E-state index contributed by atoms with van der Waals surface area (Å²) in [6.45, 7) is -0.0773. The molecule has 0 radical (unpaired) electrons. The van der Waals surface area contributed by atoms with Gasteiger partial charge in [0.15, 0.2) is 5.17 Å². The molecule has 1 fully saturated rings. The summed E-state index contributed by atoms with van der Waals surface area (Å²) in [6, 6.07) is 11.6. The average molecular weight is 451 g/mol. The van der Waals surface area contributed by atoms with Crippen molar-refractivity contribution in [1.29, 1.82) is 0 Å². The van der Waals surface area contributed by atoms with Crippen LogP contribution in [0.4, 0.5) is 13.2 Å². The molecule has 0 spiro atoms. The summed E-state index contributed by atoms with van der Waals surface area (Å²) in [7, 11) is 0. The number of para-hydroxylation sites is 1. The SMILES string of the molecule is O=C(O)CC1SC(=NN=Cc2ccccc2OCc2cccc(C(F)(F)F)c2)NC1=O. The number of carbonyl (C=O) groups excluding carboxylic acids is 1. The Kier molecular flexibility index (Phi) is 6.95. The zero-order valence-electron chi connectivity index (χ0n) is 15.8.